The van der Waals surface area contributed by atoms with Gasteiger partial charge < -0.3 is 19.5 Å². The monoisotopic (exact) mass is 359 g/mol. The van der Waals surface area contributed by atoms with Crippen molar-refractivity contribution in [2.75, 3.05) is 6.61 Å². The normalized spacial score (nSPS) is 13.4. The summed E-state index contributed by atoms with van der Waals surface area (Å²) in [5.41, 5.74) is 1.87. The molecule has 0 spiro atoms. The molecule has 0 saturated heterocycles. The van der Waals surface area contributed by atoms with Crippen molar-refractivity contribution < 1.29 is 14.9 Å². The zero-order valence-corrected chi connectivity index (χ0v) is 14.8. The van der Waals surface area contributed by atoms with Crippen molar-refractivity contribution >= 4 is 10.9 Å². The van der Waals surface area contributed by atoms with Crippen LogP contribution in [0.1, 0.15) is 11.6 Å². The van der Waals surface area contributed by atoms with Crippen molar-refractivity contribution in [1.82, 2.24) is 4.57 Å². The van der Waals surface area contributed by atoms with Crippen molar-refractivity contribution in [3.63, 3.8) is 0 Å². The first-order valence-corrected chi connectivity index (χ1v) is 8.94. The Bertz CT molecular complexity index is 1010. The molecule has 4 heteroatoms. The zero-order valence-electron chi connectivity index (χ0n) is 14.8. The fraction of sp³-hybridized carbons (Fsp3) is 0.130. The molecular weight excluding hydrogens is 338 g/mol. The van der Waals surface area contributed by atoms with E-state index in [1.807, 2.05) is 95.7 Å². The lowest BCUT2D eigenvalue weighted by Crippen LogP contribution is -2.27. The fourth-order valence-electron chi connectivity index (χ4n) is 3.43. The molecule has 3 aromatic carbocycles. The van der Waals surface area contributed by atoms with Crippen molar-refractivity contribution in [2.45, 2.75) is 12.1 Å². The van der Waals surface area contributed by atoms with E-state index >= 15 is 0 Å². The van der Waals surface area contributed by atoms with E-state index in [9.17, 15) is 10.2 Å². The van der Waals surface area contributed by atoms with Gasteiger partial charge in [0.05, 0.1) is 18.2 Å². The molecule has 0 bridgehead atoms. The predicted octanol–water partition coefficient (Wildman–Crippen LogP) is 4.38. The first-order valence-electron chi connectivity index (χ1n) is 8.94. The van der Waals surface area contributed by atoms with Crippen LogP contribution in [0, 0.1) is 0 Å². The van der Waals surface area contributed by atoms with Crippen LogP contribution in [0.15, 0.2) is 91.1 Å². The lowest BCUT2D eigenvalue weighted by atomic mass is 10.0. The van der Waals surface area contributed by atoms with Crippen molar-refractivity contribution in [3.05, 3.63) is 96.7 Å². The second kappa shape index (κ2) is 7.66. The fourth-order valence-corrected chi connectivity index (χ4v) is 3.43. The molecule has 1 heterocycles. The third kappa shape index (κ3) is 3.45. The van der Waals surface area contributed by atoms with Gasteiger partial charge in [-0.1, -0.05) is 54.6 Å². The molecule has 2 atom stereocenters. The van der Waals surface area contributed by atoms with Crippen LogP contribution in [0.2, 0.25) is 0 Å². The average molecular weight is 359 g/mol. The van der Waals surface area contributed by atoms with E-state index in [2.05, 4.69) is 0 Å². The Balaban J connectivity index is 1.79. The van der Waals surface area contributed by atoms with Crippen LogP contribution in [-0.2, 0) is 0 Å². The van der Waals surface area contributed by atoms with Gasteiger partial charge in [-0.05, 0) is 35.9 Å². The molecule has 4 nitrogen and oxygen atoms in total. The van der Waals surface area contributed by atoms with E-state index in [0.717, 1.165) is 28.0 Å². The highest BCUT2D eigenvalue weighted by Gasteiger charge is 2.24. The van der Waals surface area contributed by atoms with Gasteiger partial charge in [-0.2, -0.15) is 0 Å². The lowest BCUT2D eigenvalue weighted by molar-refractivity contribution is 0.0654. The highest BCUT2D eigenvalue weighted by atomic mass is 16.5. The first kappa shape index (κ1) is 17.3. The minimum Gasteiger partial charge on any atom is -0.457 e. The number of hydrogen-bond acceptors (Lipinski definition) is 3. The van der Waals surface area contributed by atoms with Gasteiger partial charge in [-0.25, -0.2) is 0 Å². The number of ether oxygens (including phenoxy) is 1. The predicted molar refractivity (Wildman–Crippen MR) is 106 cm³/mol. The number of para-hydroxylation sites is 1. The van der Waals surface area contributed by atoms with Gasteiger partial charge in [0.15, 0.2) is 0 Å². The number of aliphatic hydroxyl groups excluding tert-OH is 2. The van der Waals surface area contributed by atoms with Crippen molar-refractivity contribution in [1.29, 1.82) is 0 Å². The second-order valence-electron chi connectivity index (χ2n) is 6.43. The van der Waals surface area contributed by atoms with Crippen LogP contribution in [0.3, 0.4) is 0 Å². The molecular formula is C23H21NO3. The van der Waals surface area contributed by atoms with Crippen LogP contribution >= 0.6 is 0 Å². The van der Waals surface area contributed by atoms with Gasteiger partial charge in [-0.3, -0.25) is 0 Å². The van der Waals surface area contributed by atoms with Gasteiger partial charge in [0.25, 0.3) is 0 Å². The van der Waals surface area contributed by atoms with E-state index in [0.29, 0.717) is 0 Å². The summed E-state index contributed by atoms with van der Waals surface area (Å²) in [7, 11) is 0. The molecule has 0 radical (unpaired) electrons. The number of aromatic nitrogens is 1. The average Bonchev–Trinajstić information content (AvgIpc) is 3.14. The summed E-state index contributed by atoms with van der Waals surface area (Å²) in [5, 5.41) is 21.1. The van der Waals surface area contributed by atoms with Crippen LogP contribution in [-0.4, -0.2) is 27.5 Å². The van der Waals surface area contributed by atoms with Crippen molar-refractivity contribution in [3.8, 4) is 11.5 Å². The van der Waals surface area contributed by atoms with Crippen LogP contribution < -0.4 is 4.74 Å². The Morgan fingerprint density at radius 2 is 1.52 bits per heavy atom. The maximum atomic E-state index is 10.5. The zero-order chi connectivity index (χ0) is 18.6. The summed E-state index contributed by atoms with van der Waals surface area (Å²) >= 11 is 0. The molecule has 2 N–H and O–H groups in total. The first-order chi connectivity index (χ1) is 13.3. The van der Waals surface area contributed by atoms with Gasteiger partial charge in [0, 0.05) is 11.6 Å². The Hall–Kier alpha value is -3.08. The summed E-state index contributed by atoms with van der Waals surface area (Å²) in [5.74, 6) is 1.52. The minimum absolute atomic E-state index is 0.320. The van der Waals surface area contributed by atoms with Crippen LogP contribution in [0.4, 0.5) is 0 Å². The molecule has 0 amide bonds. The molecule has 27 heavy (non-hydrogen) atoms. The highest BCUT2D eigenvalue weighted by Crippen LogP contribution is 2.34. The maximum absolute atomic E-state index is 10.5. The Morgan fingerprint density at radius 1 is 0.815 bits per heavy atom. The Morgan fingerprint density at radius 3 is 2.22 bits per heavy atom. The topological polar surface area (TPSA) is 54.6 Å². The third-order valence-corrected chi connectivity index (χ3v) is 4.69. The van der Waals surface area contributed by atoms with Gasteiger partial charge >= 0.3 is 0 Å². The van der Waals surface area contributed by atoms with E-state index < -0.39 is 6.10 Å². The third-order valence-electron chi connectivity index (χ3n) is 4.69. The number of benzene rings is 3. The molecule has 1 aromatic heterocycles. The number of rotatable bonds is 6. The minimum atomic E-state index is -0.915. The van der Waals surface area contributed by atoms with E-state index in [1.54, 1.807) is 0 Å². The molecule has 0 aliphatic carbocycles. The van der Waals surface area contributed by atoms with E-state index in [1.165, 1.54) is 0 Å². The number of fused-ring (bicyclic) bond motifs is 1. The quantitative estimate of drug-likeness (QED) is 0.537. The summed E-state index contributed by atoms with van der Waals surface area (Å²) in [6.07, 6.45) is 1.01. The molecule has 136 valence electrons. The number of aliphatic hydroxyl groups is 2. The summed E-state index contributed by atoms with van der Waals surface area (Å²) in [6.45, 7) is -0.320. The van der Waals surface area contributed by atoms with Crippen LogP contribution in [0.25, 0.3) is 10.9 Å². The van der Waals surface area contributed by atoms with Crippen LogP contribution in [0.5, 0.6) is 11.5 Å². The van der Waals surface area contributed by atoms with Gasteiger partial charge in [-0.15, -0.1) is 0 Å². The molecule has 0 fully saturated rings. The standard InChI is InChI=1S/C23H21NO3/c25-16-21(26)23(17-8-3-1-4-9-17)24-15-14-19-20(24)12-7-13-22(19)27-18-10-5-2-6-11-18/h1-15,21,23,25-26H,16H2/t21-,23+/m1/s1. The number of hydrogen-bond donors (Lipinski definition) is 2. The molecule has 0 unspecified atom stereocenters. The summed E-state index contributed by atoms with van der Waals surface area (Å²) in [6, 6.07) is 26.8. The Kier molecular flexibility index (Phi) is 4.92. The largest absolute Gasteiger partial charge is 0.457 e. The smallest absolute Gasteiger partial charge is 0.136 e. The number of nitrogens with zero attached hydrogens (tertiary/aromatic N) is 1. The van der Waals surface area contributed by atoms with Gasteiger partial charge in [0.2, 0.25) is 0 Å². The summed E-state index contributed by atoms with van der Waals surface area (Å²) < 4.78 is 8.04. The maximum Gasteiger partial charge on any atom is 0.136 e. The molecule has 4 aromatic rings. The molecule has 4 rings (SSSR count). The van der Waals surface area contributed by atoms with E-state index in [4.69, 9.17) is 4.74 Å². The summed E-state index contributed by atoms with van der Waals surface area (Å²) in [4.78, 5) is 0. The lowest BCUT2D eigenvalue weighted by Gasteiger charge is -2.25. The van der Waals surface area contributed by atoms with Crippen molar-refractivity contribution in [2.24, 2.45) is 0 Å². The SMILES string of the molecule is OC[C@@H](O)[C@H](c1ccccc1)n1ccc2c(Oc3ccccc3)cccc21. The molecule has 0 aliphatic heterocycles. The van der Waals surface area contributed by atoms with Gasteiger partial charge in [0.1, 0.15) is 17.6 Å². The highest BCUT2D eigenvalue weighted by molar-refractivity contribution is 5.87. The molecule has 0 saturated carbocycles. The Labute approximate surface area is 157 Å². The molecule has 0 aliphatic rings. The van der Waals surface area contributed by atoms with E-state index in [-0.39, 0.29) is 12.6 Å². The second-order valence-corrected chi connectivity index (χ2v) is 6.43.